The monoisotopic (exact) mass is 544 g/mol. The van der Waals surface area contributed by atoms with Crippen LogP contribution in [-0.4, -0.2) is 69.8 Å². The minimum absolute atomic E-state index is 0.00968. The number of aromatic nitrogens is 1. The van der Waals surface area contributed by atoms with E-state index in [0.29, 0.717) is 44.4 Å². The molecule has 0 aliphatic carbocycles. The fourth-order valence-corrected chi connectivity index (χ4v) is 5.56. The van der Waals surface area contributed by atoms with Crippen LogP contribution >= 0.6 is 0 Å². The lowest BCUT2D eigenvalue weighted by atomic mass is 9.85. The number of fused-ring (bicyclic) bond motifs is 5. The number of halogens is 2. The molecule has 4 aliphatic rings. The van der Waals surface area contributed by atoms with Crippen LogP contribution in [0.25, 0.3) is 0 Å². The van der Waals surface area contributed by atoms with E-state index in [0.717, 1.165) is 6.07 Å². The van der Waals surface area contributed by atoms with Crippen molar-refractivity contribution >= 4 is 17.7 Å². The Morgan fingerprint density at radius 1 is 1.31 bits per heavy atom. The zero-order valence-corrected chi connectivity index (χ0v) is 21.0. The van der Waals surface area contributed by atoms with Gasteiger partial charge in [0.1, 0.15) is 23.3 Å². The largest absolute Gasteiger partial charge is 0.503 e. The number of pyridine rings is 1. The highest BCUT2D eigenvalue weighted by Gasteiger charge is 2.55. The topological polar surface area (TPSA) is 132 Å². The lowest BCUT2D eigenvalue weighted by Gasteiger charge is -2.41. The standard InChI is InChI=1S/C26H26F2N4O7/c1-13-4-5-26(7-20(30-39-26)38-16-11-37-12-16)19-10-31(13)25(36)21-23(34)22(33)17(9-32(19)21)24(35)29-8-14-2-3-15(27)6-18(14)28/h2-3,6,9,13,16,19,34H,4-5,7-8,10-12H2,1H3,(H,29,35)/t13-,19+,26-/m0/s1. The molecule has 2 bridgehead atoms. The predicted octanol–water partition coefficient (Wildman–Crippen LogP) is 1.83. The van der Waals surface area contributed by atoms with Crippen LogP contribution in [0.15, 0.2) is 34.3 Å². The number of aromatic hydroxyl groups is 1. The third-order valence-electron chi connectivity index (χ3n) is 7.89. The zero-order valence-electron chi connectivity index (χ0n) is 21.0. The third-order valence-corrected chi connectivity index (χ3v) is 7.89. The van der Waals surface area contributed by atoms with E-state index >= 15 is 0 Å². The second-order valence-electron chi connectivity index (χ2n) is 10.4. The molecule has 2 amide bonds. The van der Waals surface area contributed by atoms with Gasteiger partial charge in [0.15, 0.2) is 17.0 Å². The van der Waals surface area contributed by atoms with E-state index in [2.05, 4.69) is 10.5 Å². The van der Waals surface area contributed by atoms with Gasteiger partial charge in [-0.25, -0.2) is 8.78 Å². The molecule has 2 aromatic rings. The van der Waals surface area contributed by atoms with Crippen molar-refractivity contribution in [2.24, 2.45) is 5.16 Å². The molecule has 0 unspecified atom stereocenters. The number of rotatable bonds is 4. The number of ether oxygens (including phenoxy) is 2. The highest BCUT2D eigenvalue weighted by atomic mass is 19.1. The molecule has 13 heteroatoms. The fourth-order valence-electron chi connectivity index (χ4n) is 5.56. The summed E-state index contributed by atoms with van der Waals surface area (Å²) in [4.78, 5) is 47.1. The summed E-state index contributed by atoms with van der Waals surface area (Å²) in [6.07, 6.45) is 2.48. The maximum Gasteiger partial charge on any atom is 0.274 e. The second-order valence-corrected chi connectivity index (χ2v) is 10.4. The van der Waals surface area contributed by atoms with Crippen LogP contribution in [0.2, 0.25) is 0 Å². The highest BCUT2D eigenvalue weighted by molar-refractivity contribution is 5.99. The van der Waals surface area contributed by atoms with Gasteiger partial charge in [-0.1, -0.05) is 11.2 Å². The molecule has 2 saturated heterocycles. The number of oxime groups is 1. The molecule has 0 saturated carbocycles. The second kappa shape index (κ2) is 9.33. The van der Waals surface area contributed by atoms with Gasteiger partial charge in [-0.05, 0) is 25.8 Å². The van der Waals surface area contributed by atoms with E-state index in [-0.39, 0.29) is 36.5 Å². The molecule has 4 aliphatic heterocycles. The smallest absolute Gasteiger partial charge is 0.274 e. The maximum absolute atomic E-state index is 14.1. The van der Waals surface area contributed by atoms with Gasteiger partial charge in [0.05, 0.1) is 25.7 Å². The minimum Gasteiger partial charge on any atom is -0.503 e. The average molecular weight is 545 g/mol. The Morgan fingerprint density at radius 3 is 2.82 bits per heavy atom. The van der Waals surface area contributed by atoms with E-state index in [4.69, 9.17) is 14.3 Å². The van der Waals surface area contributed by atoms with Crippen molar-refractivity contribution in [3.8, 4) is 5.75 Å². The number of benzene rings is 1. The van der Waals surface area contributed by atoms with Crippen LogP contribution in [0.1, 0.15) is 58.6 Å². The van der Waals surface area contributed by atoms with Crippen LogP contribution < -0.4 is 10.7 Å². The Balaban J connectivity index is 1.35. The zero-order chi connectivity index (χ0) is 27.5. The number of nitrogens with one attached hydrogen (secondary N) is 1. The first-order chi connectivity index (χ1) is 18.7. The predicted molar refractivity (Wildman–Crippen MR) is 130 cm³/mol. The first kappa shape index (κ1) is 25.3. The first-order valence-corrected chi connectivity index (χ1v) is 12.7. The van der Waals surface area contributed by atoms with Gasteiger partial charge < -0.3 is 34.2 Å². The van der Waals surface area contributed by atoms with Gasteiger partial charge in [-0.15, -0.1) is 0 Å². The third kappa shape index (κ3) is 4.20. The van der Waals surface area contributed by atoms with Gasteiger partial charge >= 0.3 is 0 Å². The molecule has 206 valence electrons. The molecular formula is C26H26F2N4O7. The van der Waals surface area contributed by atoms with Crippen molar-refractivity contribution in [2.75, 3.05) is 19.8 Å². The molecule has 1 aromatic heterocycles. The Kier molecular flexibility index (Phi) is 6.05. The molecule has 6 rings (SSSR count). The van der Waals surface area contributed by atoms with Crippen molar-refractivity contribution in [3.63, 3.8) is 0 Å². The van der Waals surface area contributed by atoms with E-state index in [1.165, 1.54) is 16.8 Å². The number of amides is 2. The summed E-state index contributed by atoms with van der Waals surface area (Å²) in [7, 11) is 0. The first-order valence-electron chi connectivity index (χ1n) is 12.7. The molecule has 1 aromatic carbocycles. The number of carbonyl (C=O) groups is 2. The average Bonchev–Trinajstić information content (AvgIpc) is 3.24. The molecule has 3 atom stereocenters. The molecule has 39 heavy (non-hydrogen) atoms. The Bertz CT molecular complexity index is 1460. The highest BCUT2D eigenvalue weighted by Crippen LogP contribution is 2.46. The van der Waals surface area contributed by atoms with Crippen LogP contribution in [0.4, 0.5) is 8.78 Å². The lowest BCUT2D eigenvalue weighted by Crippen LogP contribution is -2.52. The summed E-state index contributed by atoms with van der Waals surface area (Å²) < 4.78 is 39.7. The summed E-state index contributed by atoms with van der Waals surface area (Å²) in [5, 5.41) is 17.5. The van der Waals surface area contributed by atoms with Crippen molar-refractivity contribution in [3.05, 3.63) is 63.1 Å². The SMILES string of the molecule is C[C@H]1CC[C@]2(CC(OC3COC3)=NO2)[C@H]2CN1C(=O)c1c(O)c(=O)c(C(=O)NCc3ccc(F)cc3F)cn12. The number of nitrogens with zero attached hydrogens (tertiary/aromatic N) is 3. The van der Waals surface area contributed by atoms with Crippen LogP contribution in [0.5, 0.6) is 5.75 Å². The summed E-state index contributed by atoms with van der Waals surface area (Å²) in [6.45, 7) is 2.66. The van der Waals surface area contributed by atoms with Gasteiger partial charge in [0.2, 0.25) is 11.3 Å². The van der Waals surface area contributed by atoms with Crippen molar-refractivity contribution in [2.45, 2.75) is 56.5 Å². The van der Waals surface area contributed by atoms with Crippen LogP contribution in [0, 0.1) is 11.6 Å². The number of carbonyl (C=O) groups excluding carboxylic acids is 2. The van der Waals surface area contributed by atoms with E-state index in [1.807, 2.05) is 6.92 Å². The molecule has 11 nitrogen and oxygen atoms in total. The van der Waals surface area contributed by atoms with Gasteiger partial charge in [0, 0.05) is 37.0 Å². The molecule has 2 fully saturated rings. The summed E-state index contributed by atoms with van der Waals surface area (Å²) in [6, 6.07) is 2.10. The van der Waals surface area contributed by atoms with E-state index < -0.39 is 51.8 Å². The van der Waals surface area contributed by atoms with Crippen LogP contribution in [0.3, 0.4) is 0 Å². The lowest BCUT2D eigenvalue weighted by molar-refractivity contribution is -0.0869. The summed E-state index contributed by atoms with van der Waals surface area (Å²) in [5.41, 5.74) is -2.66. The normalized spacial score (nSPS) is 25.9. The van der Waals surface area contributed by atoms with Crippen molar-refractivity contribution in [1.82, 2.24) is 14.8 Å². The fraction of sp³-hybridized carbons (Fsp3) is 0.462. The van der Waals surface area contributed by atoms with Crippen molar-refractivity contribution < 1.29 is 37.8 Å². The Labute approximate surface area is 220 Å². The maximum atomic E-state index is 14.1. The molecule has 1 spiro atoms. The van der Waals surface area contributed by atoms with Gasteiger partial charge in [0.25, 0.3) is 11.8 Å². The minimum atomic E-state index is -1.04. The van der Waals surface area contributed by atoms with Gasteiger partial charge in [-0.3, -0.25) is 14.4 Å². The summed E-state index contributed by atoms with van der Waals surface area (Å²) >= 11 is 0. The van der Waals surface area contributed by atoms with E-state index in [9.17, 15) is 28.3 Å². The van der Waals surface area contributed by atoms with Crippen LogP contribution in [-0.2, 0) is 20.9 Å². The van der Waals surface area contributed by atoms with E-state index in [1.54, 1.807) is 4.90 Å². The number of hydrogen-bond donors (Lipinski definition) is 2. The Morgan fingerprint density at radius 2 is 2.10 bits per heavy atom. The molecular weight excluding hydrogens is 518 g/mol. The Hall–Kier alpha value is -4.00. The summed E-state index contributed by atoms with van der Waals surface area (Å²) in [5.74, 6) is -3.51. The van der Waals surface area contributed by atoms with Gasteiger partial charge in [-0.2, -0.15) is 0 Å². The molecule has 0 radical (unpaired) electrons. The molecule has 5 heterocycles. The molecule has 2 N–H and O–H groups in total. The number of hydrogen-bond acceptors (Lipinski definition) is 8. The van der Waals surface area contributed by atoms with Crippen molar-refractivity contribution in [1.29, 1.82) is 0 Å². The quantitative estimate of drug-likeness (QED) is 0.600.